The molecular weight excluding hydrogens is 461 g/mol. The van der Waals surface area contributed by atoms with E-state index in [1.54, 1.807) is 24.4 Å². The smallest absolute Gasteiger partial charge is 0.405 e. The number of rotatable bonds is 7. The SMILES string of the molecule is N#Cc1ccc(N2CCC(OCc3c(-c4ccccc4OC(F)(F)F)noc3C3CC3)CC2)nc1. The molecule has 1 aromatic carbocycles. The maximum Gasteiger partial charge on any atom is 0.573 e. The molecule has 0 N–H and O–H groups in total. The second-order valence-electron chi connectivity index (χ2n) is 8.71. The Balaban J connectivity index is 1.28. The van der Waals surface area contributed by atoms with E-state index >= 15 is 0 Å². The molecule has 1 aliphatic heterocycles. The monoisotopic (exact) mass is 484 g/mol. The molecule has 1 aliphatic carbocycles. The Labute approximate surface area is 200 Å². The predicted molar refractivity (Wildman–Crippen MR) is 120 cm³/mol. The number of ether oxygens (including phenoxy) is 2. The molecular formula is C25H23F3N4O3. The van der Waals surface area contributed by atoms with Crippen molar-refractivity contribution in [3.05, 3.63) is 59.5 Å². The van der Waals surface area contributed by atoms with E-state index < -0.39 is 6.36 Å². The highest BCUT2D eigenvalue weighted by molar-refractivity contribution is 5.70. The molecule has 10 heteroatoms. The number of hydrogen-bond donors (Lipinski definition) is 0. The van der Waals surface area contributed by atoms with Gasteiger partial charge >= 0.3 is 6.36 Å². The molecule has 0 radical (unpaired) electrons. The largest absolute Gasteiger partial charge is 0.573 e. The van der Waals surface area contributed by atoms with Crippen LogP contribution in [0.2, 0.25) is 0 Å². The second-order valence-corrected chi connectivity index (χ2v) is 8.71. The zero-order chi connectivity index (χ0) is 24.4. The molecule has 0 unspecified atom stereocenters. The first kappa shape index (κ1) is 23.2. The molecule has 3 heterocycles. The van der Waals surface area contributed by atoms with Crippen LogP contribution >= 0.6 is 0 Å². The van der Waals surface area contributed by atoms with E-state index in [0.29, 0.717) is 22.6 Å². The normalized spacial score (nSPS) is 16.8. The number of benzene rings is 1. The van der Waals surface area contributed by atoms with Crippen LogP contribution in [-0.4, -0.2) is 35.7 Å². The molecule has 5 rings (SSSR count). The highest BCUT2D eigenvalue weighted by atomic mass is 19.4. The van der Waals surface area contributed by atoms with Crippen molar-refractivity contribution in [3.63, 3.8) is 0 Å². The fourth-order valence-electron chi connectivity index (χ4n) is 4.31. The summed E-state index contributed by atoms with van der Waals surface area (Å²) < 4.78 is 54.9. The van der Waals surface area contributed by atoms with Gasteiger partial charge in [-0.05, 0) is 49.9 Å². The lowest BCUT2D eigenvalue weighted by molar-refractivity contribution is -0.274. The van der Waals surface area contributed by atoms with Crippen LogP contribution in [0.4, 0.5) is 19.0 Å². The standard InChI is InChI=1S/C25H23F3N4O3/c26-25(27,28)34-21-4-2-1-3-19(21)23-20(24(35-31-23)17-6-7-17)15-33-18-9-11-32(12-10-18)22-8-5-16(13-29)14-30-22/h1-5,8,14,17-18H,6-7,9-12,15H2. The summed E-state index contributed by atoms with van der Waals surface area (Å²) in [7, 11) is 0. The van der Waals surface area contributed by atoms with Crippen LogP contribution in [0, 0.1) is 11.3 Å². The molecule has 2 aromatic heterocycles. The van der Waals surface area contributed by atoms with E-state index in [4.69, 9.17) is 14.5 Å². The van der Waals surface area contributed by atoms with E-state index in [9.17, 15) is 13.2 Å². The molecule has 35 heavy (non-hydrogen) atoms. The van der Waals surface area contributed by atoms with Crippen LogP contribution in [0.1, 0.15) is 48.5 Å². The van der Waals surface area contributed by atoms with Crippen LogP contribution in [0.5, 0.6) is 5.75 Å². The lowest BCUT2D eigenvalue weighted by Crippen LogP contribution is -2.37. The zero-order valence-corrected chi connectivity index (χ0v) is 18.8. The first-order valence-corrected chi connectivity index (χ1v) is 11.5. The lowest BCUT2D eigenvalue weighted by Gasteiger charge is -2.32. The summed E-state index contributed by atoms with van der Waals surface area (Å²) in [6, 6.07) is 11.6. The highest BCUT2D eigenvalue weighted by Gasteiger charge is 2.36. The van der Waals surface area contributed by atoms with Gasteiger partial charge in [0.05, 0.1) is 18.3 Å². The van der Waals surface area contributed by atoms with Crippen molar-refractivity contribution in [1.29, 1.82) is 5.26 Å². The molecule has 2 aliphatic rings. The van der Waals surface area contributed by atoms with E-state index in [-0.39, 0.29) is 29.9 Å². The number of para-hydroxylation sites is 1. The topological polar surface area (TPSA) is 84.4 Å². The van der Waals surface area contributed by atoms with Crippen LogP contribution in [0.3, 0.4) is 0 Å². The predicted octanol–water partition coefficient (Wildman–Crippen LogP) is 5.57. The molecule has 1 saturated carbocycles. The summed E-state index contributed by atoms with van der Waals surface area (Å²) in [4.78, 5) is 6.50. The summed E-state index contributed by atoms with van der Waals surface area (Å²) in [5, 5.41) is 13.1. The van der Waals surface area contributed by atoms with E-state index in [1.165, 1.54) is 12.1 Å². The third kappa shape index (κ3) is 5.41. The van der Waals surface area contributed by atoms with Crippen molar-refractivity contribution in [2.24, 2.45) is 0 Å². The Morgan fingerprint density at radius 1 is 1.09 bits per heavy atom. The summed E-state index contributed by atoms with van der Waals surface area (Å²) in [5.41, 5.74) is 1.75. The average Bonchev–Trinajstić information content (AvgIpc) is 3.62. The zero-order valence-electron chi connectivity index (χ0n) is 18.8. The number of halogens is 3. The fourth-order valence-corrected chi connectivity index (χ4v) is 4.31. The highest BCUT2D eigenvalue weighted by Crippen LogP contribution is 2.45. The number of nitrogens with zero attached hydrogens (tertiary/aromatic N) is 4. The maximum absolute atomic E-state index is 13.0. The molecule has 182 valence electrons. The van der Waals surface area contributed by atoms with Gasteiger partial charge in [-0.2, -0.15) is 5.26 Å². The molecule has 3 aromatic rings. The van der Waals surface area contributed by atoms with Crippen molar-refractivity contribution in [2.75, 3.05) is 18.0 Å². The summed E-state index contributed by atoms with van der Waals surface area (Å²) in [6.45, 7) is 1.69. The van der Waals surface area contributed by atoms with Gasteiger partial charge in [-0.3, -0.25) is 0 Å². The van der Waals surface area contributed by atoms with Crippen LogP contribution in [-0.2, 0) is 11.3 Å². The van der Waals surface area contributed by atoms with Crippen molar-refractivity contribution >= 4 is 5.82 Å². The van der Waals surface area contributed by atoms with Gasteiger partial charge in [-0.15, -0.1) is 13.2 Å². The molecule has 2 fully saturated rings. The van der Waals surface area contributed by atoms with Crippen LogP contribution in [0.25, 0.3) is 11.3 Å². The fraction of sp³-hybridized carbons (Fsp3) is 0.400. The first-order chi connectivity index (χ1) is 16.9. The van der Waals surface area contributed by atoms with Gasteiger partial charge in [0.1, 0.15) is 29.1 Å². The van der Waals surface area contributed by atoms with Crippen LogP contribution in [0.15, 0.2) is 47.1 Å². The number of nitriles is 1. The minimum Gasteiger partial charge on any atom is -0.405 e. The number of alkyl halides is 3. The number of piperidine rings is 1. The molecule has 1 saturated heterocycles. The molecule has 0 amide bonds. The van der Waals surface area contributed by atoms with Crippen molar-refractivity contribution in [3.8, 4) is 23.1 Å². The third-order valence-electron chi connectivity index (χ3n) is 6.24. The number of aromatic nitrogens is 2. The summed E-state index contributed by atoms with van der Waals surface area (Å²) >= 11 is 0. The average molecular weight is 484 g/mol. The van der Waals surface area contributed by atoms with Gasteiger partial charge < -0.3 is 18.9 Å². The number of hydrogen-bond acceptors (Lipinski definition) is 7. The maximum atomic E-state index is 13.0. The Morgan fingerprint density at radius 2 is 1.86 bits per heavy atom. The first-order valence-electron chi connectivity index (χ1n) is 11.5. The third-order valence-corrected chi connectivity index (χ3v) is 6.24. The Morgan fingerprint density at radius 3 is 2.51 bits per heavy atom. The van der Waals surface area contributed by atoms with Gasteiger partial charge in [-0.25, -0.2) is 4.98 Å². The lowest BCUT2D eigenvalue weighted by atomic mass is 10.0. The number of pyridine rings is 1. The van der Waals surface area contributed by atoms with Crippen molar-refractivity contribution in [2.45, 2.75) is 50.7 Å². The Kier molecular flexibility index (Phi) is 6.34. The minimum atomic E-state index is -4.81. The van der Waals surface area contributed by atoms with Gasteiger partial charge in [0, 0.05) is 36.3 Å². The van der Waals surface area contributed by atoms with E-state index in [2.05, 4.69) is 25.8 Å². The Hall–Kier alpha value is -3.58. The molecule has 0 bridgehead atoms. The minimum absolute atomic E-state index is 0.0129. The van der Waals surface area contributed by atoms with Crippen LogP contribution < -0.4 is 9.64 Å². The molecule has 7 nitrogen and oxygen atoms in total. The number of anilines is 1. The van der Waals surface area contributed by atoms with Gasteiger partial charge in [0.15, 0.2) is 0 Å². The second kappa shape index (κ2) is 9.58. The van der Waals surface area contributed by atoms with Crippen molar-refractivity contribution < 1.29 is 27.2 Å². The molecule has 0 spiro atoms. The van der Waals surface area contributed by atoms with E-state index in [1.807, 2.05) is 6.07 Å². The van der Waals surface area contributed by atoms with Crippen molar-refractivity contribution in [1.82, 2.24) is 10.1 Å². The van der Waals surface area contributed by atoms with E-state index in [0.717, 1.165) is 44.6 Å². The van der Waals surface area contributed by atoms with Gasteiger partial charge in [-0.1, -0.05) is 17.3 Å². The molecule has 0 atom stereocenters. The Bertz CT molecular complexity index is 1210. The summed E-state index contributed by atoms with van der Waals surface area (Å²) in [5.74, 6) is 1.40. The quantitative estimate of drug-likeness (QED) is 0.433. The summed E-state index contributed by atoms with van der Waals surface area (Å²) in [6.07, 6.45) is 0.194. The van der Waals surface area contributed by atoms with Gasteiger partial charge in [0.2, 0.25) is 0 Å². The van der Waals surface area contributed by atoms with Gasteiger partial charge in [0.25, 0.3) is 0 Å².